The number of halogens is 1. The first-order chi connectivity index (χ1) is 9.36. The lowest BCUT2D eigenvalue weighted by Gasteiger charge is -2.11. The molecule has 3 nitrogen and oxygen atoms in total. The predicted molar refractivity (Wildman–Crippen MR) is 78.0 cm³/mol. The van der Waals surface area contributed by atoms with E-state index in [0.29, 0.717) is 6.54 Å². The summed E-state index contributed by atoms with van der Waals surface area (Å²) in [6, 6.07) is 11.2. The fourth-order valence-electron chi connectivity index (χ4n) is 1.87. The molecule has 0 aliphatic heterocycles. The molecule has 0 aliphatic carbocycles. The van der Waals surface area contributed by atoms with Crippen LogP contribution in [0, 0.1) is 12.7 Å². The maximum absolute atomic E-state index is 13.1. The van der Waals surface area contributed by atoms with E-state index in [-0.39, 0.29) is 10.7 Å². The van der Waals surface area contributed by atoms with Gasteiger partial charge in [0.2, 0.25) is 0 Å². The molecule has 2 aromatic rings. The Kier molecular flexibility index (Phi) is 4.09. The van der Waals surface area contributed by atoms with E-state index in [0.717, 1.165) is 16.8 Å². The Morgan fingerprint density at radius 2 is 1.90 bits per heavy atom. The average molecular weight is 293 g/mol. The highest BCUT2D eigenvalue weighted by Crippen LogP contribution is 2.21. The standard InChI is InChI=1S/C15H16FNO2S/c1-11-6-7-14(20(2,18)19)9-15(11)17-10-12-4-3-5-13(16)8-12/h3-9,17H,10H2,1-2H3. The van der Waals surface area contributed by atoms with E-state index in [1.807, 2.05) is 13.0 Å². The van der Waals surface area contributed by atoms with Gasteiger partial charge in [-0.15, -0.1) is 0 Å². The highest BCUT2D eigenvalue weighted by molar-refractivity contribution is 7.90. The van der Waals surface area contributed by atoms with Crippen LogP contribution in [0.15, 0.2) is 47.4 Å². The molecule has 0 atom stereocenters. The van der Waals surface area contributed by atoms with Crippen molar-refractivity contribution in [3.8, 4) is 0 Å². The number of aryl methyl sites for hydroxylation is 1. The van der Waals surface area contributed by atoms with Crippen LogP contribution in [-0.2, 0) is 16.4 Å². The molecule has 2 rings (SSSR count). The van der Waals surface area contributed by atoms with E-state index in [2.05, 4.69) is 5.32 Å². The Hall–Kier alpha value is -1.88. The van der Waals surface area contributed by atoms with Crippen LogP contribution in [0.2, 0.25) is 0 Å². The summed E-state index contributed by atoms with van der Waals surface area (Å²) in [6.45, 7) is 2.33. The predicted octanol–water partition coefficient (Wildman–Crippen LogP) is 3.15. The molecule has 5 heteroatoms. The molecule has 2 aromatic carbocycles. The van der Waals surface area contributed by atoms with E-state index >= 15 is 0 Å². The second kappa shape index (κ2) is 5.63. The molecule has 0 unspecified atom stereocenters. The summed E-state index contributed by atoms with van der Waals surface area (Å²) in [5.41, 5.74) is 2.47. The summed E-state index contributed by atoms with van der Waals surface area (Å²) in [5, 5.41) is 3.14. The van der Waals surface area contributed by atoms with Crippen molar-refractivity contribution in [2.75, 3.05) is 11.6 Å². The van der Waals surface area contributed by atoms with Crippen LogP contribution in [0.3, 0.4) is 0 Å². The van der Waals surface area contributed by atoms with Gasteiger partial charge in [0.15, 0.2) is 9.84 Å². The molecule has 0 radical (unpaired) electrons. The minimum Gasteiger partial charge on any atom is -0.381 e. The summed E-state index contributed by atoms with van der Waals surface area (Å²) in [5.74, 6) is -0.286. The number of benzene rings is 2. The van der Waals surface area contributed by atoms with Gasteiger partial charge in [-0.05, 0) is 42.3 Å². The first-order valence-corrected chi connectivity index (χ1v) is 8.04. The Labute approximate surface area is 118 Å². The van der Waals surface area contributed by atoms with Crippen molar-refractivity contribution in [1.82, 2.24) is 0 Å². The van der Waals surface area contributed by atoms with Crippen molar-refractivity contribution in [2.24, 2.45) is 0 Å². The van der Waals surface area contributed by atoms with Gasteiger partial charge in [-0.25, -0.2) is 12.8 Å². The minimum atomic E-state index is -3.23. The summed E-state index contributed by atoms with van der Waals surface area (Å²) < 4.78 is 36.2. The van der Waals surface area contributed by atoms with Crippen LogP contribution in [0.25, 0.3) is 0 Å². The summed E-state index contributed by atoms with van der Waals surface area (Å²) in [7, 11) is -3.23. The third-order valence-electron chi connectivity index (χ3n) is 3.01. The van der Waals surface area contributed by atoms with E-state index < -0.39 is 9.84 Å². The summed E-state index contributed by atoms with van der Waals surface area (Å²) in [4.78, 5) is 0.268. The molecule has 0 heterocycles. The van der Waals surface area contributed by atoms with Crippen molar-refractivity contribution in [2.45, 2.75) is 18.4 Å². The van der Waals surface area contributed by atoms with Crippen molar-refractivity contribution in [1.29, 1.82) is 0 Å². The van der Waals surface area contributed by atoms with Gasteiger partial charge in [0.05, 0.1) is 4.90 Å². The number of hydrogen-bond acceptors (Lipinski definition) is 3. The Bertz CT molecular complexity index is 726. The zero-order valence-corrected chi connectivity index (χ0v) is 12.2. The lowest BCUT2D eigenvalue weighted by atomic mass is 10.1. The Balaban J connectivity index is 2.21. The molecule has 0 fully saturated rings. The van der Waals surface area contributed by atoms with Gasteiger partial charge in [-0.3, -0.25) is 0 Å². The highest BCUT2D eigenvalue weighted by atomic mass is 32.2. The van der Waals surface area contributed by atoms with E-state index in [1.54, 1.807) is 24.3 Å². The van der Waals surface area contributed by atoms with Gasteiger partial charge < -0.3 is 5.32 Å². The zero-order chi connectivity index (χ0) is 14.8. The van der Waals surface area contributed by atoms with Crippen LogP contribution in [0.4, 0.5) is 10.1 Å². The molecule has 0 saturated heterocycles. The Morgan fingerprint density at radius 3 is 2.55 bits per heavy atom. The molecule has 0 aromatic heterocycles. The molecule has 0 spiro atoms. The molecule has 20 heavy (non-hydrogen) atoms. The van der Waals surface area contributed by atoms with Crippen LogP contribution in [0.5, 0.6) is 0 Å². The monoisotopic (exact) mass is 293 g/mol. The molecule has 0 aliphatic rings. The van der Waals surface area contributed by atoms with Crippen LogP contribution >= 0.6 is 0 Å². The quantitative estimate of drug-likeness (QED) is 0.942. The second-order valence-corrected chi connectivity index (χ2v) is 6.75. The number of sulfone groups is 1. The van der Waals surface area contributed by atoms with Gasteiger partial charge in [-0.1, -0.05) is 18.2 Å². The zero-order valence-electron chi connectivity index (χ0n) is 11.4. The van der Waals surface area contributed by atoms with Crippen molar-refractivity contribution in [3.63, 3.8) is 0 Å². The van der Waals surface area contributed by atoms with Gasteiger partial charge in [0.1, 0.15) is 5.82 Å². The maximum atomic E-state index is 13.1. The molecule has 106 valence electrons. The van der Waals surface area contributed by atoms with E-state index in [1.165, 1.54) is 18.4 Å². The van der Waals surface area contributed by atoms with Crippen LogP contribution in [0.1, 0.15) is 11.1 Å². The van der Waals surface area contributed by atoms with Gasteiger partial charge in [-0.2, -0.15) is 0 Å². The van der Waals surface area contributed by atoms with Crippen molar-refractivity contribution in [3.05, 3.63) is 59.4 Å². The van der Waals surface area contributed by atoms with Crippen LogP contribution < -0.4 is 5.32 Å². The number of rotatable bonds is 4. The van der Waals surface area contributed by atoms with Gasteiger partial charge in [0.25, 0.3) is 0 Å². The first-order valence-electron chi connectivity index (χ1n) is 6.15. The number of anilines is 1. The third kappa shape index (κ3) is 3.57. The van der Waals surface area contributed by atoms with Crippen LogP contribution in [-0.4, -0.2) is 14.7 Å². The van der Waals surface area contributed by atoms with E-state index in [9.17, 15) is 12.8 Å². The SMILES string of the molecule is Cc1ccc(S(C)(=O)=O)cc1NCc1cccc(F)c1. The average Bonchev–Trinajstić information content (AvgIpc) is 2.36. The van der Waals surface area contributed by atoms with E-state index in [4.69, 9.17) is 0 Å². The molecular weight excluding hydrogens is 277 g/mol. The highest BCUT2D eigenvalue weighted by Gasteiger charge is 2.09. The van der Waals surface area contributed by atoms with Crippen molar-refractivity contribution < 1.29 is 12.8 Å². The lowest BCUT2D eigenvalue weighted by molar-refractivity contribution is 0.602. The van der Waals surface area contributed by atoms with Gasteiger partial charge in [0, 0.05) is 18.5 Å². The first kappa shape index (κ1) is 14.5. The minimum absolute atomic E-state index is 0.268. The van der Waals surface area contributed by atoms with Gasteiger partial charge >= 0.3 is 0 Å². The molecule has 0 bridgehead atoms. The summed E-state index contributed by atoms with van der Waals surface area (Å²) >= 11 is 0. The summed E-state index contributed by atoms with van der Waals surface area (Å²) in [6.07, 6.45) is 1.17. The second-order valence-electron chi connectivity index (χ2n) is 4.73. The molecule has 1 N–H and O–H groups in total. The molecular formula is C15H16FNO2S. The third-order valence-corrected chi connectivity index (χ3v) is 4.12. The normalized spacial score (nSPS) is 11.3. The number of nitrogens with one attached hydrogen (secondary N) is 1. The molecule has 0 amide bonds. The topological polar surface area (TPSA) is 46.2 Å². The Morgan fingerprint density at radius 1 is 1.15 bits per heavy atom. The molecule has 0 saturated carbocycles. The van der Waals surface area contributed by atoms with Crippen molar-refractivity contribution >= 4 is 15.5 Å². The smallest absolute Gasteiger partial charge is 0.175 e. The fourth-order valence-corrected chi connectivity index (χ4v) is 2.51. The maximum Gasteiger partial charge on any atom is 0.175 e. The number of hydrogen-bond donors (Lipinski definition) is 1. The lowest BCUT2D eigenvalue weighted by Crippen LogP contribution is -2.04. The largest absolute Gasteiger partial charge is 0.381 e. The fraction of sp³-hybridized carbons (Fsp3) is 0.200.